The highest BCUT2D eigenvalue weighted by Gasteiger charge is 2.47. The molecule has 5 rings (SSSR count). The fourth-order valence-electron chi connectivity index (χ4n) is 4.92. The number of rotatable bonds is 7. The lowest BCUT2D eigenvalue weighted by molar-refractivity contribution is -0.318. The molecule has 2 aromatic carbocycles. The van der Waals surface area contributed by atoms with Crippen molar-refractivity contribution in [3.05, 3.63) is 46.6 Å². The molecular weight excluding hydrogens is 576 g/mol. The van der Waals surface area contributed by atoms with E-state index in [1.54, 1.807) is 6.07 Å². The molecule has 0 radical (unpaired) electrons. The van der Waals surface area contributed by atoms with Crippen molar-refractivity contribution in [2.75, 3.05) is 13.7 Å². The molecule has 0 saturated carbocycles. The van der Waals surface area contributed by atoms with Crippen LogP contribution in [-0.4, -0.2) is 116 Å². The standard InChI is InChI=1S/C28H32O15/c1-10-21(32)23(34)25(36)27(40-10)39-9-19-22(33)24(35)26(37)28(43-19)41-12-6-14(30)20-15(31)8-17(42-18(20)7-12)11-3-4-16(38-2)13(29)5-11/h3-8,10,19,21-30,32-37H,9H2,1-2H3/t10-,19-,21+,22+,23+,24+,25-,26-,27+,28+/m0/s1. The number of hydrogen-bond donors (Lipinski definition) is 8. The van der Waals surface area contributed by atoms with Crippen LogP contribution in [0, 0.1) is 0 Å². The van der Waals surface area contributed by atoms with Crippen LogP contribution in [0.4, 0.5) is 0 Å². The van der Waals surface area contributed by atoms with E-state index in [0.717, 1.165) is 12.1 Å². The molecule has 8 N–H and O–H groups in total. The maximum atomic E-state index is 12.8. The molecule has 2 aliphatic rings. The summed E-state index contributed by atoms with van der Waals surface area (Å²) in [6, 6.07) is 7.78. The average molecular weight is 609 g/mol. The Morgan fingerprint density at radius 3 is 2.19 bits per heavy atom. The quantitative estimate of drug-likeness (QED) is 0.159. The first-order valence-electron chi connectivity index (χ1n) is 13.3. The first-order valence-corrected chi connectivity index (χ1v) is 13.3. The van der Waals surface area contributed by atoms with Crippen LogP contribution in [0.3, 0.4) is 0 Å². The lowest BCUT2D eigenvalue weighted by Gasteiger charge is -2.42. The van der Waals surface area contributed by atoms with Gasteiger partial charge in [-0.05, 0) is 25.1 Å². The van der Waals surface area contributed by atoms with Crippen molar-refractivity contribution in [1.29, 1.82) is 0 Å². The largest absolute Gasteiger partial charge is 0.507 e. The Kier molecular flexibility index (Phi) is 8.80. The van der Waals surface area contributed by atoms with Gasteiger partial charge in [0.2, 0.25) is 6.29 Å². The number of aromatic hydroxyl groups is 2. The predicted molar refractivity (Wildman–Crippen MR) is 143 cm³/mol. The van der Waals surface area contributed by atoms with Crippen molar-refractivity contribution in [1.82, 2.24) is 0 Å². The second kappa shape index (κ2) is 12.2. The Morgan fingerprint density at radius 2 is 1.49 bits per heavy atom. The van der Waals surface area contributed by atoms with Gasteiger partial charge in [-0.25, -0.2) is 0 Å². The van der Waals surface area contributed by atoms with E-state index in [1.807, 2.05) is 0 Å². The third kappa shape index (κ3) is 5.99. The number of phenols is 2. The van der Waals surface area contributed by atoms with Crippen molar-refractivity contribution in [3.8, 4) is 34.3 Å². The number of methoxy groups -OCH3 is 1. The maximum absolute atomic E-state index is 12.8. The van der Waals surface area contributed by atoms with Gasteiger partial charge in [-0.2, -0.15) is 0 Å². The van der Waals surface area contributed by atoms with Crippen LogP contribution in [0.2, 0.25) is 0 Å². The molecular formula is C28H32O15. The Bertz CT molecular complexity index is 1510. The van der Waals surface area contributed by atoms with Gasteiger partial charge in [-0.15, -0.1) is 0 Å². The summed E-state index contributed by atoms with van der Waals surface area (Å²) in [5.41, 5.74) is -0.381. The van der Waals surface area contributed by atoms with Crippen LogP contribution in [0.5, 0.6) is 23.0 Å². The van der Waals surface area contributed by atoms with Crippen LogP contribution in [0.15, 0.2) is 45.6 Å². The van der Waals surface area contributed by atoms with Gasteiger partial charge in [0.05, 0.1) is 19.8 Å². The minimum atomic E-state index is -1.78. The maximum Gasteiger partial charge on any atom is 0.229 e. The number of benzene rings is 2. The number of aliphatic hydroxyl groups is 6. The van der Waals surface area contributed by atoms with Crippen molar-refractivity contribution in [2.45, 2.75) is 68.3 Å². The number of ether oxygens (including phenoxy) is 5. The zero-order valence-electron chi connectivity index (χ0n) is 22.9. The minimum absolute atomic E-state index is 0.0517. The molecule has 0 amide bonds. The van der Waals surface area contributed by atoms with Gasteiger partial charge < -0.3 is 69.0 Å². The summed E-state index contributed by atoms with van der Waals surface area (Å²) in [6.07, 6.45) is -15.0. The highest BCUT2D eigenvalue weighted by Crippen LogP contribution is 2.35. The third-order valence-corrected chi connectivity index (χ3v) is 7.40. The molecule has 15 heteroatoms. The highest BCUT2D eigenvalue weighted by molar-refractivity contribution is 5.86. The van der Waals surface area contributed by atoms with Gasteiger partial charge in [0.25, 0.3) is 0 Å². The van der Waals surface area contributed by atoms with Gasteiger partial charge >= 0.3 is 0 Å². The van der Waals surface area contributed by atoms with Gasteiger partial charge in [0, 0.05) is 23.8 Å². The van der Waals surface area contributed by atoms with Crippen LogP contribution in [0.1, 0.15) is 6.92 Å². The number of phenolic OH excluding ortho intramolecular Hbond substituents is 2. The lowest BCUT2D eigenvalue weighted by Crippen LogP contribution is -2.61. The molecule has 1 aromatic heterocycles. The molecule has 234 valence electrons. The van der Waals surface area contributed by atoms with Crippen molar-refractivity contribution in [3.63, 3.8) is 0 Å². The summed E-state index contributed by atoms with van der Waals surface area (Å²) in [5, 5.41) is 82.0. The first kappa shape index (κ1) is 30.9. The highest BCUT2D eigenvalue weighted by atomic mass is 16.7. The molecule has 3 aromatic rings. The second-order valence-electron chi connectivity index (χ2n) is 10.3. The van der Waals surface area contributed by atoms with Crippen LogP contribution < -0.4 is 14.9 Å². The molecule has 0 bridgehead atoms. The molecule has 43 heavy (non-hydrogen) atoms. The smallest absolute Gasteiger partial charge is 0.229 e. The molecule has 0 aliphatic carbocycles. The lowest BCUT2D eigenvalue weighted by atomic mass is 9.98. The van der Waals surface area contributed by atoms with Crippen LogP contribution in [0.25, 0.3) is 22.3 Å². The predicted octanol–water partition coefficient (Wildman–Crippen LogP) is -1.09. The Morgan fingerprint density at radius 1 is 0.791 bits per heavy atom. The minimum Gasteiger partial charge on any atom is -0.507 e. The second-order valence-corrected chi connectivity index (χ2v) is 10.3. The van der Waals surface area contributed by atoms with Crippen molar-refractivity contribution < 1.29 is 69.0 Å². The van der Waals surface area contributed by atoms with E-state index in [2.05, 4.69) is 0 Å². The summed E-state index contributed by atoms with van der Waals surface area (Å²) in [5.74, 6) is -0.605. The van der Waals surface area contributed by atoms with Gasteiger partial charge in [-0.1, -0.05) is 0 Å². The van der Waals surface area contributed by atoms with Crippen LogP contribution in [-0.2, 0) is 14.2 Å². The zero-order valence-corrected chi connectivity index (χ0v) is 22.9. The molecule has 0 spiro atoms. The molecule has 0 unspecified atom stereocenters. The van der Waals surface area contributed by atoms with Gasteiger partial charge in [0.15, 0.2) is 23.2 Å². The summed E-state index contributed by atoms with van der Waals surface area (Å²) in [4.78, 5) is 12.8. The Labute approximate surface area is 243 Å². The molecule has 2 fully saturated rings. The molecule has 2 aliphatic heterocycles. The summed E-state index contributed by atoms with van der Waals surface area (Å²) >= 11 is 0. The van der Waals surface area contributed by atoms with E-state index < -0.39 is 79.2 Å². The fourth-order valence-corrected chi connectivity index (χ4v) is 4.92. The zero-order chi connectivity index (χ0) is 31.2. The van der Waals surface area contributed by atoms with Crippen molar-refractivity contribution >= 4 is 11.0 Å². The monoisotopic (exact) mass is 608 g/mol. The normalized spacial score (nSPS) is 32.9. The van der Waals surface area contributed by atoms with Gasteiger partial charge in [-0.3, -0.25) is 4.79 Å². The third-order valence-electron chi connectivity index (χ3n) is 7.40. The fraction of sp³-hybridized carbons (Fsp3) is 0.464. The Hall–Kier alpha value is -3.51. The SMILES string of the molecule is COc1ccc(-c2cc(=O)c3c(O)cc(O[C@@H]4O[C@@H](CO[C@@H]5O[C@@H](C)[C@@H](O)[C@@H](O)[C@@H]5O)[C@@H](O)[C@@H](O)[C@@H]4O)cc3o2)cc1O. The van der Waals surface area contributed by atoms with Gasteiger partial charge in [0.1, 0.15) is 71.0 Å². The van der Waals surface area contributed by atoms with E-state index in [9.17, 15) is 45.6 Å². The van der Waals surface area contributed by atoms with E-state index >= 15 is 0 Å². The van der Waals surface area contributed by atoms with Crippen LogP contribution >= 0.6 is 0 Å². The van der Waals surface area contributed by atoms with Crippen molar-refractivity contribution in [2.24, 2.45) is 0 Å². The molecule has 2 saturated heterocycles. The molecule has 10 atom stereocenters. The van der Waals surface area contributed by atoms with E-state index in [1.165, 1.54) is 32.2 Å². The number of aliphatic hydroxyl groups excluding tert-OH is 6. The van der Waals surface area contributed by atoms with E-state index in [0.29, 0.717) is 5.56 Å². The average Bonchev–Trinajstić information content (AvgIpc) is 2.97. The topological polar surface area (TPSA) is 238 Å². The summed E-state index contributed by atoms with van der Waals surface area (Å²) < 4.78 is 32.9. The number of fused-ring (bicyclic) bond motifs is 1. The molecule has 15 nitrogen and oxygen atoms in total. The number of hydrogen-bond acceptors (Lipinski definition) is 15. The molecule has 3 heterocycles. The Balaban J connectivity index is 1.36. The first-order chi connectivity index (χ1) is 20.4. The summed E-state index contributed by atoms with van der Waals surface area (Å²) in [6.45, 7) is 0.953. The van der Waals surface area contributed by atoms with E-state index in [-0.39, 0.29) is 34.0 Å². The van der Waals surface area contributed by atoms with E-state index in [4.69, 9.17) is 28.1 Å². The summed E-state index contributed by atoms with van der Waals surface area (Å²) in [7, 11) is 1.38.